The molecule has 4 rings (SSSR count). The van der Waals surface area contributed by atoms with E-state index < -0.39 is 10.0 Å². The van der Waals surface area contributed by atoms with E-state index in [1.807, 2.05) is 43.3 Å². The van der Waals surface area contributed by atoms with Gasteiger partial charge in [-0.1, -0.05) is 103 Å². The first-order chi connectivity index (χ1) is 17.5. The zero-order valence-electron chi connectivity index (χ0n) is 20.9. The summed E-state index contributed by atoms with van der Waals surface area (Å²) in [6, 6.07) is 27.7. The van der Waals surface area contributed by atoms with Crippen LogP contribution < -0.4 is 4.72 Å². The SMILES string of the molecule is CCCCn1c(SCCCNS(=O)(=O)c2ccc(C)cc2)nc(-c2ccccc2)c1-c1ccccc1. The Kier molecular flexibility index (Phi) is 9.02. The Hall–Kier alpha value is -2.87. The first-order valence-corrected chi connectivity index (χ1v) is 14.9. The highest BCUT2D eigenvalue weighted by Crippen LogP contribution is 2.36. The maximum absolute atomic E-state index is 12.6. The second-order valence-corrected chi connectivity index (χ2v) is 11.6. The molecule has 0 radical (unpaired) electrons. The van der Waals surface area contributed by atoms with Gasteiger partial charge >= 0.3 is 0 Å². The lowest BCUT2D eigenvalue weighted by Crippen LogP contribution is -2.25. The van der Waals surface area contributed by atoms with Crippen molar-refractivity contribution in [2.75, 3.05) is 12.3 Å². The van der Waals surface area contributed by atoms with Crippen LogP contribution in [0.1, 0.15) is 31.7 Å². The van der Waals surface area contributed by atoms with Gasteiger partial charge in [-0.25, -0.2) is 18.1 Å². The van der Waals surface area contributed by atoms with Crippen LogP contribution in [-0.2, 0) is 16.6 Å². The Morgan fingerprint density at radius 2 is 1.50 bits per heavy atom. The Labute approximate surface area is 219 Å². The lowest BCUT2D eigenvalue weighted by Gasteiger charge is -2.13. The Morgan fingerprint density at radius 3 is 2.14 bits per heavy atom. The molecule has 0 aliphatic carbocycles. The van der Waals surface area contributed by atoms with Crippen molar-refractivity contribution < 1.29 is 8.42 Å². The molecular formula is C29H33N3O2S2. The number of aromatic nitrogens is 2. The molecule has 0 aliphatic rings. The second-order valence-electron chi connectivity index (χ2n) is 8.74. The normalized spacial score (nSPS) is 11.6. The molecule has 0 amide bonds. The fourth-order valence-corrected chi connectivity index (χ4v) is 6.03. The number of benzene rings is 3. The molecule has 36 heavy (non-hydrogen) atoms. The molecule has 188 valence electrons. The Morgan fingerprint density at radius 1 is 0.861 bits per heavy atom. The number of aryl methyl sites for hydroxylation is 1. The summed E-state index contributed by atoms with van der Waals surface area (Å²) in [4.78, 5) is 5.40. The molecule has 1 heterocycles. The van der Waals surface area contributed by atoms with E-state index in [4.69, 9.17) is 4.98 Å². The van der Waals surface area contributed by atoms with Gasteiger partial charge < -0.3 is 4.57 Å². The molecule has 5 nitrogen and oxygen atoms in total. The largest absolute Gasteiger partial charge is 0.318 e. The highest BCUT2D eigenvalue weighted by molar-refractivity contribution is 7.99. The van der Waals surface area contributed by atoms with E-state index in [0.717, 1.165) is 58.4 Å². The molecule has 3 aromatic carbocycles. The van der Waals surface area contributed by atoms with Gasteiger partial charge in [-0.15, -0.1) is 0 Å². The van der Waals surface area contributed by atoms with Crippen LogP contribution in [-0.4, -0.2) is 30.3 Å². The van der Waals surface area contributed by atoms with Gasteiger partial charge in [0.15, 0.2) is 5.16 Å². The first-order valence-electron chi connectivity index (χ1n) is 12.4. The number of nitrogens with one attached hydrogen (secondary N) is 1. The minimum atomic E-state index is -3.50. The summed E-state index contributed by atoms with van der Waals surface area (Å²) in [6.45, 7) is 5.42. The lowest BCUT2D eigenvalue weighted by molar-refractivity contribution is 0.580. The molecular weight excluding hydrogens is 486 g/mol. The molecule has 1 aromatic heterocycles. The number of hydrogen-bond acceptors (Lipinski definition) is 4. The molecule has 4 aromatic rings. The second kappa shape index (κ2) is 12.4. The smallest absolute Gasteiger partial charge is 0.240 e. The molecule has 0 aliphatic heterocycles. The van der Waals surface area contributed by atoms with Crippen molar-refractivity contribution in [3.8, 4) is 22.5 Å². The summed E-state index contributed by atoms with van der Waals surface area (Å²) < 4.78 is 30.2. The van der Waals surface area contributed by atoms with Crippen molar-refractivity contribution in [1.82, 2.24) is 14.3 Å². The fraction of sp³-hybridized carbons (Fsp3) is 0.276. The van der Waals surface area contributed by atoms with Crippen LogP contribution in [0.15, 0.2) is 95.0 Å². The zero-order chi connectivity index (χ0) is 25.4. The van der Waals surface area contributed by atoms with Crippen molar-refractivity contribution in [3.63, 3.8) is 0 Å². The highest BCUT2D eigenvalue weighted by atomic mass is 32.2. The lowest BCUT2D eigenvalue weighted by atomic mass is 10.0. The third-order valence-electron chi connectivity index (χ3n) is 5.94. The predicted molar refractivity (Wildman–Crippen MR) is 150 cm³/mol. The third kappa shape index (κ3) is 6.46. The molecule has 0 saturated carbocycles. The van der Waals surface area contributed by atoms with Crippen LogP contribution in [0.2, 0.25) is 0 Å². The minimum Gasteiger partial charge on any atom is -0.318 e. The van der Waals surface area contributed by atoms with Gasteiger partial charge in [0.2, 0.25) is 10.0 Å². The number of sulfonamides is 1. The van der Waals surface area contributed by atoms with Gasteiger partial charge in [-0.3, -0.25) is 0 Å². The molecule has 0 unspecified atom stereocenters. The Balaban J connectivity index is 1.52. The first kappa shape index (κ1) is 26.2. The number of nitrogens with zero attached hydrogens (tertiary/aromatic N) is 2. The van der Waals surface area contributed by atoms with Gasteiger partial charge in [0, 0.05) is 30.0 Å². The van der Waals surface area contributed by atoms with Crippen molar-refractivity contribution in [2.24, 2.45) is 0 Å². The quantitative estimate of drug-likeness (QED) is 0.165. The van der Waals surface area contributed by atoms with E-state index in [9.17, 15) is 8.42 Å². The summed E-state index contributed by atoms with van der Waals surface area (Å²) in [7, 11) is -3.50. The fourth-order valence-electron chi connectivity index (χ4n) is 4.00. The van der Waals surface area contributed by atoms with Crippen LogP contribution in [0, 0.1) is 6.92 Å². The molecule has 0 bridgehead atoms. The van der Waals surface area contributed by atoms with E-state index >= 15 is 0 Å². The van der Waals surface area contributed by atoms with Gasteiger partial charge in [0.25, 0.3) is 0 Å². The van der Waals surface area contributed by atoms with Gasteiger partial charge in [-0.2, -0.15) is 0 Å². The van der Waals surface area contributed by atoms with Crippen molar-refractivity contribution in [1.29, 1.82) is 0 Å². The monoisotopic (exact) mass is 519 g/mol. The Bertz CT molecular complexity index is 1350. The highest BCUT2D eigenvalue weighted by Gasteiger charge is 2.20. The maximum Gasteiger partial charge on any atom is 0.240 e. The molecule has 1 N–H and O–H groups in total. The van der Waals surface area contributed by atoms with Crippen molar-refractivity contribution >= 4 is 21.8 Å². The van der Waals surface area contributed by atoms with E-state index in [1.165, 1.54) is 0 Å². The number of unbranched alkanes of at least 4 members (excludes halogenated alkanes) is 1. The standard InChI is InChI=1S/C29H33N3O2S2/c1-3-4-21-32-28(25-14-9-6-10-15-25)27(24-12-7-5-8-13-24)31-29(32)35-22-11-20-30-36(33,34)26-18-16-23(2)17-19-26/h5-10,12-19,30H,3-4,11,20-22H2,1-2H3. The van der Waals surface area contributed by atoms with E-state index in [-0.39, 0.29) is 0 Å². The maximum atomic E-state index is 12.6. The van der Waals surface area contributed by atoms with Gasteiger partial charge in [0.05, 0.1) is 16.3 Å². The van der Waals surface area contributed by atoms with Crippen molar-refractivity contribution in [2.45, 2.75) is 49.7 Å². The zero-order valence-corrected chi connectivity index (χ0v) is 22.5. The van der Waals surface area contributed by atoms with Crippen molar-refractivity contribution in [3.05, 3.63) is 90.5 Å². The number of hydrogen-bond donors (Lipinski definition) is 1. The van der Waals surface area contributed by atoms with Gasteiger partial charge in [-0.05, 0) is 31.9 Å². The number of rotatable bonds is 12. The third-order valence-corrected chi connectivity index (χ3v) is 8.48. The minimum absolute atomic E-state index is 0.302. The van der Waals surface area contributed by atoms with Crippen LogP contribution in [0.5, 0.6) is 0 Å². The summed E-state index contributed by atoms with van der Waals surface area (Å²) in [5, 5.41) is 0.975. The number of imidazole rings is 1. The molecule has 7 heteroatoms. The summed E-state index contributed by atoms with van der Waals surface area (Å²) in [5.41, 5.74) is 5.41. The average molecular weight is 520 g/mol. The van der Waals surface area contributed by atoms with E-state index in [0.29, 0.717) is 17.9 Å². The molecule has 0 fully saturated rings. The molecule has 0 spiro atoms. The number of thioether (sulfide) groups is 1. The average Bonchev–Trinajstić information content (AvgIpc) is 3.26. The predicted octanol–water partition coefficient (Wildman–Crippen LogP) is 6.79. The van der Waals surface area contributed by atoms with Gasteiger partial charge in [0.1, 0.15) is 0 Å². The topological polar surface area (TPSA) is 64.0 Å². The van der Waals surface area contributed by atoms with Crippen LogP contribution in [0.25, 0.3) is 22.5 Å². The van der Waals surface area contributed by atoms with Crippen LogP contribution in [0.3, 0.4) is 0 Å². The summed E-state index contributed by atoms with van der Waals surface area (Å²) in [6.07, 6.45) is 2.87. The molecule has 0 saturated heterocycles. The van der Waals surface area contributed by atoms with Crippen LogP contribution >= 0.6 is 11.8 Å². The van der Waals surface area contributed by atoms with E-state index in [2.05, 4.69) is 52.6 Å². The van der Waals surface area contributed by atoms with E-state index in [1.54, 1.807) is 23.9 Å². The summed E-state index contributed by atoms with van der Waals surface area (Å²) >= 11 is 1.69. The molecule has 0 atom stereocenters. The summed E-state index contributed by atoms with van der Waals surface area (Å²) in [5.74, 6) is 0.766. The van der Waals surface area contributed by atoms with Crippen LogP contribution in [0.4, 0.5) is 0 Å².